The van der Waals surface area contributed by atoms with Crippen LogP contribution in [0, 0.1) is 0 Å². The first kappa shape index (κ1) is 17.6. The lowest BCUT2D eigenvalue weighted by Gasteiger charge is -2.31. The van der Waals surface area contributed by atoms with Crippen molar-refractivity contribution in [3.8, 4) is 5.75 Å². The zero-order valence-corrected chi connectivity index (χ0v) is 15.8. The van der Waals surface area contributed by atoms with Crippen LogP contribution in [0.25, 0.3) is 0 Å². The lowest BCUT2D eigenvalue weighted by atomic mass is 9.80. The molecular weight excluding hydrogens is 342 g/mol. The highest BCUT2D eigenvalue weighted by Gasteiger charge is 2.37. The van der Waals surface area contributed by atoms with Crippen molar-refractivity contribution < 1.29 is 14.3 Å². The Morgan fingerprint density at radius 1 is 1.33 bits per heavy atom. The van der Waals surface area contributed by atoms with E-state index in [1.54, 1.807) is 0 Å². The predicted octanol–water partition coefficient (Wildman–Crippen LogP) is 3.91. The second-order valence-electron chi connectivity index (χ2n) is 6.90. The van der Waals surface area contributed by atoms with Crippen LogP contribution in [0.3, 0.4) is 0 Å². The third kappa shape index (κ3) is 3.09. The Balaban J connectivity index is 1.91. The van der Waals surface area contributed by atoms with Crippen molar-refractivity contribution in [1.82, 2.24) is 10.2 Å². The van der Waals surface area contributed by atoms with Crippen molar-refractivity contribution in [2.45, 2.75) is 45.4 Å². The largest absolute Gasteiger partial charge is 0.493 e. The number of nitrogens with zero attached hydrogens (tertiary/aromatic N) is 1. The summed E-state index contributed by atoms with van der Waals surface area (Å²) in [6, 6.07) is 6.21. The molecule has 0 aliphatic carbocycles. The van der Waals surface area contributed by atoms with E-state index >= 15 is 0 Å². The second kappa shape index (κ2) is 7.47. The first-order valence-corrected chi connectivity index (χ1v) is 9.70. The molecule has 1 aromatic carbocycles. The number of esters is 1. The summed E-state index contributed by atoms with van der Waals surface area (Å²) in [5.74, 6) is 1.14. The smallest absolute Gasteiger partial charge is 0.336 e. The van der Waals surface area contributed by atoms with Crippen LogP contribution in [-0.4, -0.2) is 29.4 Å². The molecule has 2 aliphatic rings. The number of rotatable bonds is 5. The Bertz CT molecular complexity index is 885. The van der Waals surface area contributed by atoms with E-state index in [1.807, 2.05) is 19.2 Å². The van der Waals surface area contributed by atoms with Crippen LogP contribution in [-0.2, 0) is 16.0 Å². The summed E-state index contributed by atoms with van der Waals surface area (Å²) < 4.78 is 11.5. The molecule has 3 heterocycles. The number of nitrogens with one attached hydrogen (secondary N) is 2. The molecule has 0 saturated carbocycles. The molecule has 1 atom stereocenters. The van der Waals surface area contributed by atoms with Gasteiger partial charge < -0.3 is 14.8 Å². The molecular formula is C21H25N3O3. The molecule has 6 nitrogen and oxygen atoms in total. The zero-order chi connectivity index (χ0) is 18.8. The standard InChI is InChI=1S/C21H25N3O3/c1-3-7-16-18(21(25)26-4-2)17(15-12-22-24-20(15)23-16)14-10-5-8-13-9-6-11-27-19(13)14/h5,8,10,12,17H,3-4,6-7,9,11H2,1-2H3,(H2,22,23,24). The lowest BCUT2D eigenvalue weighted by Crippen LogP contribution is -2.26. The minimum atomic E-state index is -0.279. The maximum Gasteiger partial charge on any atom is 0.336 e. The van der Waals surface area contributed by atoms with Gasteiger partial charge in [0.05, 0.1) is 24.7 Å². The molecule has 4 rings (SSSR count). The predicted molar refractivity (Wildman–Crippen MR) is 103 cm³/mol. The normalized spacial score (nSPS) is 18.2. The first-order chi connectivity index (χ1) is 13.2. The van der Waals surface area contributed by atoms with Crippen molar-refractivity contribution >= 4 is 11.8 Å². The summed E-state index contributed by atoms with van der Waals surface area (Å²) >= 11 is 0. The Morgan fingerprint density at radius 2 is 2.22 bits per heavy atom. The molecule has 1 aromatic heterocycles. The number of carbonyl (C=O) groups excluding carboxylic acids is 1. The molecule has 142 valence electrons. The van der Waals surface area contributed by atoms with Crippen LogP contribution in [0.2, 0.25) is 0 Å². The molecule has 0 saturated heterocycles. The summed E-state index contributed by atoms with van der Waals surface area (Å²) in [6.45, 7) is 4.98. The molecule has 0 fully saturated rings. The van der Waals surface area contributed by atoms with Gasteiger partial charge in [-0.3, -0.25) is 5.10 Å². The number of allylic oxidation sites excluding steroid dienone is 1. The van der Waals surface area contributed by atoms with E-state index in [-0.39, 0.29) is 11.9 Å². The maximum absolute atomic E-state index is 13.0. The molecule has 6 heteroatoms. The Labute approximate surface area is 159 Å². The van der Waals surface area contributed by atoms with Crippen molar-refractivity contribution in [2.75, 3.05) is 18.5 Å². The van der Waals surface area contributed by atoms with E-state index < -0.39 is 0 Å². The Kier molecular flexibility index (Phi) is 4.88. The minimum Gasteiger partial charge on any atom is -0.493 e. The average Bonchev–Trinajstić information content (AvgIpc) is 3.15. The van der Waals surface area contributed by atoms with Crippen LogP contribution in [0.15, 0.2) is 35.7 Å². The Hall–Kier alpha value is -2.76. The number of hydrogen-bond donors (Lipinski definition) is 2. The van der Waals surface area contributed by atoms with E-state index in [0.717, 1.165) is 54.1 Å². The summed E-state index contributed by atoms with van der Waals surface area (Å²) in [5.41, 5.74) is 4.69. The van der Waals surface area contributed by atoms with E-state index in [1.165, 1.54) is 5.56 Å². The highest BCUT2D eigenvalue weighted by atomic mass is 16.5. The third-order valence-electron chi connectivity index (χ3n) is 5.13. The number of aromatic nitrogens is 2. The van der Waals surface area contributed by atoms with Gasteiger partial charge in [0.25, 0.3) is 0 Å². The van der Waals surface area contributed by atoms with Crippen LogP contribution in [0.4, 0.5) is 5.82 Å². The number of ether oxygens (including phenoxy) is 2. The number of anilines is 1. The molecule has 1 unspecified atom stereocenters. The van der Waals surface area contributed by atoms with Gasteiger partial charge >= 0.3 is 5.97 Å². The number of para-hydroxylation sites is 1. The van der Waals surface area contributed by atoms with Crippen molar-refractivity contribution in [2.24, 2.45) is 0 Å². The van der Waals surface area contributed by atoms with Gasteiger partial charge in [-0.2, -0.15) is 5.10 Å². The van der Waals surface area contributed by atoms with Gasteiger partial charge in [0.15, 0.2) is 5.82 Å². The number of fused-ring (bicyclic) bond motifs is 2. The Morgan fingerprint density at radius 3 is 3.04 bits per heavy atom. The average molecular weight is 367 g/mol. The van der Waals surface area contributed by atoms with Crippen LogP contribution in [0.5, 0.6) is 5.75 Å². The summed E-state index contributed by atoms with van der Waals surface area (Å²) in [5, 5.41) is 10.6. The van der Waals surface area contributed by atoms with Gasteiger partial charge in [-0.1, -0.05) is 31.5 Å². The topological polar surface area (TPSA) is 76.2 Å². The molecule has 0 amide bonds. The molecule has 27 heavy (non-hydrogen) atoms. The molecule has 0 spiro atoms. The van der Waals surface area contributed by atoms with Gasteiger partial charge in [-0.05, 0) is 31.7 Å². The molecule has 0 radical (unpaired) electrons. The fourth-order valence-electron chi connectivity index (χ4n) is 4.02. The van der Waals surface area contributed by atoms with Crippen molar-refractivity contribution in [3.63, 3.8) is 0 Å². The number of aryl methyl sites for hydroxylation is 1. The molecule has 0 bridgehead atoms. The van der Waals surface area contributed by atoms with Gasteiger partial charge in [-0.25, -0.2) is 4.79 Å². The highest BCUT2D eigenvalue weighted by Crippen LogP contribution is 2.46. The van der Waals surface area contributed by atoms with Gasteiger partial charge in [-0.15, -0.1) is 0 Å². The highest BCUT2D eigenvalue weighted by molar-refractivity contribution is 5.94. The fourth-order valence-corrected chi connectivity index (χ4v) is 4.02. The van der Waals surface area contributed by atoms with Gasteiger partial charge in [0.2, 0.25) is 0 Å². The van der Waals surface area contributed by atoms with Crippen LogP contribution in [0.1, 0.15) is 55.7 Å². The quantitative estimate of drug-likeness (QED) is 0.784. The molecule has 2 aliphatic heterocycles. The van der Waals surface area contributed by atoms with E-state index in [0.29, 0.717) is 18.8 Å². The number of benzene rings is 1. The van der Waals surface area contributed by atoms with Crippen molar-refractivity contribution in [1.29, 1.82) is 0 Å². The van der Waals surface area contributed by atoms with E-state index in [2.05, 4.69) is 34.6 Å². The first-order valence-electron chi connectivity index (χ1n) is 9.70. The maximum atomic E-state index is 13.0. The van der Waals surface area contributed by atoms with Crippen LogP contribution >= 0.6 is 0 Å². The van der Waals surface area contributed by atoms with E-state index in [4.69, 9.17) is 9.47 Å². The molecule has 2 aromatic rings. The monoisotopic (exact) mass is 367 g/mol. The summed E-state index contributed by atoms with van der Waals surface area (Å²) in [4.78, 5) is 13.0. The van der Waals surface area contributed by atoms with E-state index in [9.17, 15) is 4.79 Å². The number of carbonyl (C=O) groups is 1. The number of H-pyrrole nitrogens is 1. The van der Waals surface area contributed by atoms with Gasteiger partial charge in [0.1, 0.15) is 5.75 Å². The summed E-state index contributed by atoms with van der Waals surface area (Å²) in [7, 11) is 0. The minimum absolute atomic E-state index is 0.256. The fraction of sp³-hybridized carbons (Fsp3) is 0.429. The SMILES string of the molecule is CCCC1=C(C(=O)OCC)C(c2cccc3c2OCCC3)c2c[nH]nc2N1. The van der Waals surface area contributed by atoms with Gasteiger partial charge in [0, 0.05) is 23.0 Å². The lowest BCUT2D eigenvalue weighted by molar-refractivity contribution is -0.138. The van der Waals surface area contributed by atoms with Crippen LogP contribution < -0.4 is 10.1 Å². The zero-order valence-electron chi connectivity index (χ0n) is 15.8. The van der Waals surface area contributed by atoms with Crippen molar-refractivity contribution in [3.05, 3.63) is 52.4 Å². The second-order valence-corrected chi connectivity index (χ2v) is 6.90. The number of hydrogen-bond acceptors (Lipinski definition) is 5. The molecule has 2 N–H and O–H groups in total. The number of aromatic amines is 1. The third-order valence-corrected chi connectivity index (χ3v) is 5.13. The summed E-state index contributed by atoms with van der Waals surface area (Å²) in [6.07, 6.45) is 5.54.